The summed E-state index contributed by atoms with van der Waals surface area (Å²) in [6, 6.07) is 14.4. The second kappa shape index (κ2) is 5.34. The molecule has 0 saturated carbocycles. The number of halogens is 1. The molecule has 0 bridgehead atoms. The first-order valence-corrected chi connectivity index (χ1v) is 7.45. The molecule has 0 aliphatic carbocycles. The van der Waals surface area contributed by atoms with Crippen molar-refractivity contribution >= 4 is 38.7 Å². The highest BCUT2D eigenvalue weighted by Gasteiger charge is 2.15. The predicted octanol–water partition coefficient (Wildman–Crippen LogP) is 4.41. The third-order valence-electron chi connectivity index (χ3n) is 2.79. The van der Waals surface area contributed by atoms with Crippen molar-refractivity contribution in [3.8, 4) is 5.75 Å². The molecule has 0 unspecified atom stereocenters. The maximum absolute atomic E-state index is 12.0. The van der Waals surface area contributed by atoms with Crippen LogP contribution in [-0.2, 0) is 0 Å². The quantitative estimate of drug-likeness (QED) is 0.696. The fraction of sp³-hybridized carbons (Fsp3) is 0. The summed E-state index contributed by atoms with van der Waals surface area (Å²) < 4.78 is 6.09. The Labute approximate surface area is 127 Å². The zero-order valence-corrected chi connectivity index (χ0v) is 12.6. The Morgan fingerprint density at radius 2 is 1.75 bits per heavy atom. The number of aromatic hydroxyl groups is 1. The lowest BCUT2D eigenvalue weighted by Crippen LogP contribution is -2.02. The van der Waals surface area contributed by atoms with E-state index < -0.39 is 5.63 Å². The van der Waals surface area contributed by atoms with Crippen LogP contribution in [0, 0.1) is 0 Å². The van der Waals surface area contributed by atoms with E-state index in [2.05, 4.69) is 15.9 Å². The zero-order valence-electron chi connectivity index (χ0n) is 10.2. The summed E-state index contributed by atoms with van der Waals surface area (Å²) >= 11 is 4.60. The van der Waals surface area contributed by atoms with Crippen LogP contribution in [0.15, 0.2) is 72.0 Å². The van der Waals surface area contributed by atoms with E-state index >= 15 is 0 Å². The predicted molar refractivity (Wildman–Crippen MR) is 82.4 cm³/mol. The first-order chi connectivity index (χ1) is 9.66. The molecular formula is C15H9BrO3S. The molecule has 0 atom stereocenters. The van der Waals surface area contributed by atoms with Gasteiger partial charge in [-0.2, -0.15) is 0 Å². The lowest BCUT2D eigenvalue weighted by molar-refractivity contribution is 0.447. The molecule has 0 spiro atoms. The minimum Gasteiger partial charge on any atom is -0.506 e. The lowest BCUT2D eigenvalue weighted by atomic mass is 10.2. The van der Waals surface area contributed by atoms with Crippen LogP contribution in [0.1, 0.15) is 0 Å². The van der Waals surface area contributed by atoms with Gasteiger partial charge in [-0.3, -0.25) is 0 Å². The average molecular weight is 349 g/mol. The molecule has 3 rings (SSSR count). The second-order valence-corrected chi connectivity index (χ2v) is 6.00. The van der Waals surface area contributed by atoms with Gasteiger partial charge in [-0.1, -0.05) is 36.0 Å². The van der Waals surface area contributed by atoms with Crippen molar-refractivity contribution in [3.05, 3.63) is 63.4 Å². The van der Waals surface area contributed by atoms with Crippen LogP contribution in [0.25, 0.3) is 11.0 Å². The zero-order chi connectivity index (χ0) is 14.1. The van der Waals surface area contributed by atoms with Crippen molar-refractivity contribution in [2.24, 2.45) is 0 Å². The molecule has 100 valence electrons. The standard InChI is InChI=1S/C15H9BrO3S/c16-10-6-2-4-8-12(10)20-14-13(17)9-5-1-3-7-11(9)19-15(14)18/h1-8,17H. The van der Waals surface area contributed by atoms with Gasteiger partial charge < -0.3 is 9.52 Å². The molecule has 0 saturated heterocycles. The maximum atomic E-state index is 12.0. The Balaban J connectivity index is 2.17. The monoisotopic (exact) mass is 348 g/mol. The minimum atomic E-state index is -0.540. The number of rotatable bonds is 2. The van der Waals surface area contributed by atoms with Crippen LogP contribution in [0.3, 0.4) is 0 Å². The van der Waals surface area contributed by atoms with Crippen LogP contribution in [-0.4, -0.2) is 5.11 Å². The average Bonchev–Trinajstić information content (AvgIpc) is 2.45. The number of hydrogen-bond donors (Lipinski definition) is 1. The Bertz CT molecular complexity index is 842. The van der Waals surface area contributed by atoms with E-state index in [1.54, 1.807) is 24.3 Å². The van der Waals surface area contributed by atoms with Crippen molar-refractivity contribution < 1.29 is 9.52 Å². The highest BCUT2D eigenvalue weighted by molar-refractivity contribution is 9.10. The van der Waals surface area contributed by atoms with Crippen molar-refractivity contribution in [3.63, 3.8) is 0 Å². The van der Waals surface area contributed by atoms with E-state index in [0.29, 0.717) is 11.0 Å². The third-order valence-corrected chi connectivity index (χ3v) is 4.89. The molecule has 3 aromatic rings. The van der Waals surface area contributed by atoms with Gasteiger partial charge in [0.25, 0.3) is 0 Å². The summed E-state index contributed by atoms with van der Waals surface area (Å²) in [4.78, 5) is 13.0. The van der Waals surface area contributed by atoms with Crippen LogP contribution in [0.4, 0.5) is 0 Å². The van der Waals surface area contributed by atoms with Gasteiger partial charge in [-0.15, -0.1) is 0 Å². The second-order valence-electron chi connectivity index (χ2n) is 4.10. The number of para-hydroxylation sites is 1. The van der Waals surface area contributed by atoms with Crippen molar-refractivity contribution in [1.82, 2.24) is 0 Å². The van der Waals surface area contributed by atoms with Crippen molar-refractivity contribution in [1.29, 1.82) is 0 Å². The van der Waals surface area contributed by atoms with Gasteiger partial charge in [-0.05, 0) is 40.2 Å². The molecule has 5 heteroatoms. The number of fused-ring (bicyclic) bond motifs is 1. The van der Waals surface area contributed by atoms with Gasteiger partial charge in [0.2, 0.25) is 0 Å². The van der Waals surface area contributed by atoms with Crippen molar-refractivity contribution in [2.45, 2.75) is 9.79 Å². The SMILES string of the molecule is O=c1oc2ccccc2c(O)c1Sc1ccccc1Br. The molecule has 3 nitrogen and oxygen atoms in total. The Morgan fingerprint density at radius 1 is 1.05 bits per heavy atom. The Hall–Kier alpha value is -1.72. The van der Waals surface area contributed by atoms with Gasteiger partial charge in [-0.25, -0.2) is 4.79 Å². The molecule has 1 aromatic heterocycles. The maximum Gasteiger partial charge on any atom is 0.354 e. The molecule has 0 aliphatic heterocycles. The van der Waals surface area contributed by atoms with E-state index in [-0.39, 0.29) is 10.6 Å². The minimum absolute atomic E-state index is 0.0439. The van der Waals surface area contributed by atoms with E-state index in [4.69, 9.17) is 4.42 Å². The van der Waals surface area contributed by atoms with E-state index in [1.165, 1.54) is 11.8 Å². The smallest absolute Gasteiger partial charge is 0.354 e. The number of benzene rings is 2. The van der Waals surface area contributed by atoms with Crippen LogP contribution >= 0.6 is 27.7 Å². The summed E-state index contributed by atoms with van der Waals surface area (Å²) in [7, 11) is 0. The highest BCUT2D eigenvalue weighted by atomic mass is 79.9. The summed E-state index contributed by atoms with van der Waals surface area (Å²) in [6.45, 7) is 0. The highest BCUT2D eigenvalue weighted by Crippen LogP contribution is 2.38. The first kappa shape index (κ1) is 13.3. The summed E-state index contributed by atoms with van der Waals surface area (Å²) in [5, 5.41) is 10.8. The topological polar surface area (TPSA) is 50.4 Å². The summed E-state index contributed by atoms with van der Waals surface area (Å²) in [5.41, 5.74) is -0.159. The summed E-state index contributed by atoms with van der Waals surface area (Å²) in [6.07, 6.45) is 0. The molecule has 0 amide bonds. The fourth-order valence-electron chi connectivity index (χ4n) is 1.84. The van der Waals surface area contributed by atoms with Gasteiger partial charge >= 0.3 is 5.63 Å². The number of hydrogen-bond acceptors (Lipinski definition) is 4. The largest absolute Gasteiger partial charge is 0.506 e. The molecule has 1 N–H and O–H groups in total. The molecule has 0 fully saturated rings. The van der Waals surface area contributed by atoms with Gasteiger partial charge in [0.05, 0.1) is 5.39 Å². The Kier molecular flexibility index (Phi) is 3.54. The fourth-order valence-corrected chi connectivity index (χ4v) is 3.24. The van der Waals surface area contributed by atoms with Crippen molar-refractivity contribution in [2.75, 3.05) is 0 Å². The van der Waals surface area contributed by atoms with Crippen LogP contribution in [0.5, 0.6) is 5.75 Å². The van der Waals surface area contributed by atoms with Gasteiger partial charge in [0.1, 0.15) is 16.2 Å². The van der Waals surface area contributed by atoms with E-state index in [0.717, 1.165) is 9.37 Å². The Morgan fingerprint density at radius 3 is 2.55 bits per heavy atom. The molecule has 1 heterocycles. The third kappa shape index (κ3) is 2.34. The van der Waals surface area contributed by atoms with Crippen LogP contribution in [0.2, 0.25) is 0 Å². The van der Waals surface area contributed by atoms with Crippen LogP contribution < -0.4 is 5.63 Å². The molecular weight excluding hydrogens is 340 g/mol. The molecule has 0 radical (unpaired) electrons. The van der Waals surface area contributed by atoms with Gasteiger partial charge in [0, 0.05) is 9.37 Å². The molecule has 0 aliphatic rings. The summed E-state index contributed by atoms with van der Waals surface area (Å²) in [5.74, 6) is -0.0439. The first-order valence-electron chi connectivity index (χ1n) is 5.84. The lowest BCUT2D eigenvalue weighted by Gasteiger charge is -2.07. The van der Waals surface area contributed by atoms with Gasteiger partial charge in [0.15, 0.2) is 0 Å². The normalized spacial score (nSPS) is 10.8. The van der Waals surface area contributed by atoms with E-state index in [1.807, 2.05) is 24.3 Å². The molecule has 20 heavy (non-hydrogen) atoms. The van der Waals surface area contributed by atoms with E-state index in [9.17, 15) is 9.90 Å². The molecule has 2 aromatic carbocycles.